The Kier molecular flexibility index (Phi) is 4.35. The molecule has 2 N–H and O–H groups in total. The number of thioether (sulfide) groups is 1. The Bertz CT molecular complexity index is 635. The summed E-state index contributed by atoms with van der Waals surface area (Å²) < 4.78 is 2.00. The van der Waals surface area contributed by atoms with Gasteiger partial charge in [-0.05, 0) is 38.3 Å². The number of aromatic nitrogens is 2. The molecule has 0 saturated carbocycles. The van der Waals surface area contributed by atoms with Crippen LogP contribution in [0.5, 0.6) is 0 Å². The van der Waals surface area contributed by atoms with Crippen molar-refractivity contribution < 1.29 is 15.0 Å². The van der Waals surface area contributed by atoms with Crippen molar-refractivity contribution in [3.8, 4) is 0 Å². The Morgan fingerprint density at radius 3 is 2.75 bits per heavy atom. The van der Waals surface area contributed by atoms with Crippen LogP contribution < -0.4 is 0 Å². The van der Waals surface area contributed by atoms with Gasteiger partial charge in [-0.3, -0.25) is 0 Å². The zero-order valence-corrected chi connectivity index (χ0v) is 12.5. The van der Waals surface area contributed by atoms with Crippen LogP contribution in [0.15, 0.2) is 18.2 Å². The van der Waals surface area contributed by atoms with Crippen molar-refractivity contribution in [3.05, 3.63) is 29.6 Å². The highest BCUT2D eigenvalue weighted by atomic mass is 32.2. The zero-order chi connectivity index (χ0) is 14.9. The molecule has 0 spiro atoms. The maximum Gasteiger partial charge on any atom is 0.335 e. The van der Waals surface area contributed by atoms with Crippen molar-refractivity contribution in [1.82, 2.24) is 9.55 Å². The Morgan fingerprint density at radius 1 is 1.50 bits per heavy atom. The first-order valence-corrected chi connectivity index (χ1v) is 7.64. The van der Waals surface area contributed by atoms with E-state index in [0.717, 1.165) is 16.9 Å². The van der Waals surface area contributed by atoms with E-state index in [1.165, 1.54) is 0 Å². The molecule has 0 aliphatic heterocycles. The summed E-state index contributed by atoms with van der Waals surface area (Å²) in [6.45, 7) is 3.98. The number of imidazole rings is 1. The zero-order valence-electron chi connectivity index (χ0n) is 11.7. The molecule has 2 aromatic rings. The maximum atomic E-state index is 11.1. The van der Waals surface area contributed by atoms with Gasteiger partial charge in [-0.15, -0.1) is 0 Å². The first-order valence-electron chi connectivity index (χ1n) is 6.35. The second-order valence-corrected chi connectivity index (χ2v) is 5.81. The molecule has 6 heteroatoms. The highest BCUT2D eigenvalue weighted by molar-refractivity contribution is 7.99. The number of nitrogens with zero attached hydrogens (tertiary/aromatic N) is 2. The highest BCUT2D eigenvalue weighted by Gasteiger charge is 2.21. The molecule has 2 unspecified atom stereocenters. The number of hydrogen-bond acceptors (Lipinski definition) is 4. The SMILES string of the molecule is CSC(CO)C(C)n1c(C)nc2ccc(C(=O)O)cc21. The predicted octanol–water partition coefficient (Wildman–Crippen LogP) is 2.33. The van der Waals surface area contributed by atoms with Gasteiger partial charge in [-0.2, -0.15) is 11.8 Å². The van der Waals surface area contributed by atoms with Crippen molar-refractivity contribution >= 4 is 28.8 Å². The van der Waals surface area contributed by atoms with Gasteiger partial charge in [-0.25, -0.2) is 9.78 Å². The van der Waals surface area contributed by atoms with Gasteiger partial charge in [-0.1, -0.05) is 0 Å². The molecule has 2 rings (SSSR count). The monoisotopic (exact) mass is 294 g/mol. The van der Waals surface area contributed by atoms with Crippen molar-refractivity contribution in [3.63, 3.8) is 0 Å². The van der Waals surface area contributed by atoms with E-state index in [-0.39, 0.29) is 23.5 Å². The summed E-state index contributed by atoms with van der Waals surface area (Å²) in [7, 11) is 0. The molecule has 0 radical (unpaired) electrons. The molecule has 0 aliphatic rings. The predicted molar refractivity (Wildman–Crippen MR) is 80.5 cm³/mol. The van der Waals surface area contributed by atoms with Crippen LogP contribution in [-0.4, -0.2) is 43.8 Å². The number of benzene rings is 1. The molecular formula is C14H18N2O3S. The minimum atomic E-state index is -0.950. The van der Waals surface area contributed by atoms with Gasteiger partial charge in [0.25, 0.3) is 0 Å². The highest BCUT2D eigenvalue weighted by Crippen LogP contribution is 2.28. The maximum absolute atomic E-state index is 11.1. The molecule has 0 bridgehead atoms. The number of carbonyl (C=O) groups is 1. The quantitative estimate of drug-likeness (QED) is 0.885. The summed E-state index contributed by atoms with van der Waals surface area (Å²) in [4.78, 5) is 15.6. The van der Waals surface area contributed by atoms with E-state index in [9.17, 15) is 9.90 Å². The minimum absolute atomic E-state index is 0.0315. The lowest BCUT2D eigenvalue weighted by atomic mass is 10.1. The topological polar surface area (TPSA) is 75.3 Å². The number of carboxylic acids is 1. The van der Waals surface area contributed by atoms with E-state index in [2.05, 4.69) is 4.98 Å². The molecule has 0 fully saturated rings. The van der Waals surface area contributed by atoms with Gasteiger partial charge in [0.1, 0.15) is 5.82 Å². The lowest BCUT2D eigenvalue weighted by Crippen LogP contribution is -2.23. The second kappa shape index (κ2) is 5.85. The summed E-state index contributed by atoms with van der Waals surface area (Å²) in [6, 6.07) is 4.96. The largest absolute Gasteiger partial charge is 0.478 e. The van der Waals surface area contributed by atoms with Gasteiger partial charge >= 0.3 is 5.97 Å². The van der Waals surface area contributed by atoms with Crippen LogP contribution in [0.25, 0.3) is 11.0 Å². The molecule has 108 valence electrons. The standard InChI is InChI=1S/C14H18N2O3S/c1-8(13(7-17)20-3)16-9(2)15-11-5-4-10(14(18)19)6-12(11)16/h4-6,8,13,17H,7H2,1-3H3,(H,18,19). The third kappa shape index (κ3) is 2.53. The number of aryl methyl sites for hydroxylation is 1. The normalized spacial score (nSPS) is 14.4. The number of fused-ring (bicyclic) bond motifs is 1. The Balaban J connectivity index is 2.59. The van der Waals surface area contributed by atoms with Crippen molar-refractivity contribution in [2.24, 2.45) is 0 Å². The molecule has 0 aliphatic carbocycles. The third-order valence-corrected chi connectivity index (χ3v) is 4.69. The summed E-state index contributed by atoms with van der Waals surface area (Å²) in [5, 5.41) is 18.6. The molecule has 1 aromatic carbocycles. The first kappa shape index (κ1) is 14.9. The van der Waals surface area contributed by atoms with E-state index in [1.54, 1.807) is 30.0 Å². The number of rotatable bonds is 5. The van der Waals surface area contributed by atoms with Gasteiger partial charge in [0.15, 0.2) is 0 Å². The molecule has 0 amide bonds. The minimum Gasteiger partial charge on any atom is -0.478 e. The van der Waals surface area contributed by atoms with Crippen LogP contribution in [0.1, 0.15) is 29.1 Å². The number of aromatic carboxylic acids is 1. The van der Waals surface area contributed by atoms with E-state index in [0.29, 0.717) is 0 Å². The fraction of sp³-hybridized carbons (Fsp3) is 0.429. The van der Waals surface area contributed by atoms with Crippen LogP contribution in [0, 0.1) is 6.92 Å². The van der Waals surface area contributed by atoms with Crippen molar-refractivity contribution in [2.75, 3.05) is 12.9 Å². The summed E-state index contributed by atoms with van der Waals surface area (Å²) in [5.74, 6) is -0.129. The average Bonchev–Trinajstić information content (AvgIpc) is 2.74. The number of aliphatic hydroxyl groups is 1. The Labute approximate surface area is 121 Å². The fourth-order valence-electron chi connectivity index (χ4n) is 2.45. The molecular weight excluding hydrogens is 276 g/mol. The molecule has 2 atom stereocenters. The van der Waals surface area contributed by atoms with Crippen molar-refractivity contribution in [2.45, 2.75) is 25.1 Å². The van der Waals surface area contributed by atoms with E-state index < -0.39 is 5.97 Å². The third-order valence-electron chi connectivity index (χ3n) is 3.54. The summed E-state index contributed by atoms with van der Waals surface area (Å²) in [5.41, 5.74) is 1.81. The van der Waals surface area contributed by atoms with Crippen molar-refractivity contribution in [1.29, 1.82) is 0 Å². The lowest BCUT2D eigenvalue weighted by molar-refractivity contribution is 0.0697. The van der Waals surface area contributed by atoms with Gasteiger partial charge in [0.2, 0.25) is 0 Å². The van der Waals surface area contributed by atoms with Crippen LogP contribution in [-0.2, 0) is 0 Å². The van der Waals surface area contributed by atoms with Gasteiger partial charge in [0.05, 0.1) is 23.2 Å². The van der Waals surface area contributed by atoms with E-state index in [1.807, 2.05) is 24.7 Å². The summed E-state index contributed by atoms with van der Waals surface area (Å²) in [6.07, 6.45) is 1.95. The molecule has 5 nitrogen and oxygen atoms in total. The molecule has 1 heterocycles. The smallest absolute Gasteiger partial charge is 0.335 e. The Morgan fingerprint density at radius 2 is 2.20 bits per heavy atom. The van der Waals surface area contributed by atoms with E-state index in [4.69, 9.17) is 5.11 Å². The molecule has 0 saturated heterocycles. The number of hydrogen-bond donors (Lipinski definition) is 2. The number of carboxylic acid groups (broad SMARTS) is 1. The van der Waals surface area contributed by atoms with E-state index >= 15 is 0 Å². The van der Waals surface area contributed by atoms with Crippen LogP contribution in [0.4, 0.5) is 0 Å². The van der Waals surface area contributed by atoms with Crippen LogP contribution >= 0.6 is 11.8 Å². The van der Waals surface area contributed by atoms with Gasteiger partial charge in [0, 0.05) is 11.3 Å². The first-order chi connectivity index (χ1) is 9.49. The summed E-state index contributed by atoms with van der Waals surface area (Å²) >= 11 is 1.59. The lowest BCUT2D eigenvalue weighted by Gasteiger charge is -2.23. The average molecular weight is 294 g/mol. The Hall–Kier alpha value is -1.53. The van der Waals surface area contributed by atoms with Crippen LogP contribution in [0.2, 0.25) is 0 Å². The fourth-order valence-corrected chi connectivity index (χ4v) is 3.12. The van der Waals surface area contributed by atoms with Gasteiger partial charge < -0.3 is 14.8 Å². The number of aliphatic hydroxyl groups excluding tert-OH is 1. The molecule has 20 heavy (non-hydrogen) atoms. The molecule has 1 aromatic heterocycles. The second-order valence-electron chi connectivity index (χ2n) is 4.73. The van der Waals surface area contributed by atoms with Crippen LogP contribution in [0.3, 0.4) is 0 Å².